The monoisotopic (exact) mass is 317 g/mol. The molecule has 1 fully saturated rings. The number of nitro benzene ring substituents is 1. The third kappa shape index (κ3) is 3.30. The Morgan fingerprint density at radius 1 is 1.48 bits per heavy atom. The van der Waals surface area contributed by atoms with Gasteiger partial charge in [-0.25, -0.2) is 17.5 Å². The summed E-state index contributed by atoms with van der Waals surface area (Å²) >= 11 is 0. The molecule has 2 unspecified atom stereocenters. The van der Waals surface area contributed by atoms with E-state index in [1.165, 1.54) is 0 Å². The standard InChI is InChI=1S/C12H16FN3O4S/c1-3-14-11-6-8(16(17)18)5-9(13)12(11)21(19,20)15-10-4-7(10)2/h5-7,10,14-15H,3-4H2,1-2H3. The molecule has 0 heterocycles. The van der Waals surface area contributed by atoms with Crippen molar-refractivity contribution < 1.29 is 17.7 Å². The first-order valence-electron chi connectivity index (χ1n) is 6.50. The van der Waals surface area contributed by atoms with Crippen LogP contribution in [0.25, 0.3) is 0 Å². The lowest BCUT2D eigenvalue weighted by Gasteiger charge is -2.13. The van der Waals surface area contributed by atoms with Crippen LogP contribution in [0.5, 0.6) is 0 Å². The molecule has 1 aromatic carbocycles. The predicted molar refractivity (Wildman–Crippen MR) is 75.1 cm³/mol. The van der Waals surface area contributed by atoms with Gasteiger partial charge in [0.25, 0.3) is 5.69 Å². The molecule has 0 spiro atoms. The lowest BCUT2D eigenvalue weighted by molar-refractivity contribution is -0.385. The molecule has 7 nitrogen and oxygen atoms in total. The van der Waals surface area contributed by atoms with Gasteiger partial charge in [0, 0.05) is 18.7 Å². The molecule has 1 aliphatic carbocycles. The van der Waals surface area contributed by atoms with Crippen LogP contribution in [0.15, 0.2) is 17.0 Å². The van der Waals surface area contributed by atoms with Crippen molar-refractivity contribution in [1.29, 1.82) is 0 Å². The SMILES string of the molecule is CCNc1cc([N+](=O)[O-])cc(F)c1S(=O)(=O)NC1CC1C. The van der Waals surface area contributed by atoms with Crippen molar-refractivity contribution >= 4 is 21.4 Å². The van der Waals surface area contributed by atoms with Crippen LogP contribution in [0, 0.1) is 21.8 Å². The van der Waals surface area contributed by atoms with Crippen molar-refractivity contribution in [2.24, 2.45) is 5.92 Å². The fraction of sp³-hybridized carbons (Fsp3) is 0.500. The summed E-state index contributed by atoms with van der Waals surface area (Å²) in [6.07, 6.45) is 0.699. The van der Waals surface area contributed by atoms with Crippen molar-refractivity contribution in [2.45, 2.75) is 31.2 Å². The zero-order valence-corrected chi connectivity index (χ0v) is 12.4. The van der Waals surface area contributed by atoms with Gasteiger partial charge in [-0.15, -0.1) is 0 Å². The van der Waals surface area contributed by atoms with Crippen LogP contribution in [0.1, 0.15) is 20.3 Å². The molecule has 2 N–H and O–H groups in total. The first kappa shape index (κ1) is 15.6. The van der Waals surface area contributed by atoms with Crippen LogP contribution in [0.2, 0.25) is 0 Å². The Morgan fingerprint density at radius 3 is 2.57 bits per heavy atom. The minimum atomic E-state index is -4.07. The molecule has 0 amide bonds. The molecule has 0 saturated heterocycles. The average molecular weight is 317 g/mol. The van der Waals surface area contributed by atoms with Gasteiger partial charge in [-0.05, 0) is 19.3 Å². The van der Waals surface area contributed by atoms with E-state index in [1.54, 1.807) is 6.92 Å². The Labute approximate surface area is 121 Å². The molecule has 1 aromatic rings. The molecule has 0 bridgehead atoms. The Morgan fingerprint density at radius 2 is 2.10 bits per heavy atom. The van der Waals surface area contributed by atoms with E-state index in [1.807, 2.05) is 6.92 Å². The molecule has 116 valence electrons. The van der Waals surface area contributed by atoms with Crippen molar-refractivity contribution in [2.75, 3.05) is 11.9 Å². The third-order valence-electron chi connectivity index (χ3n) is 3.29. The second-order valence-corrected chi connectivity index (χ2v) is 6.68. The number of halogens is 1. The van der Waals surface area contributed by atoms with Crippen molar-refractivity contribution in [3.8, 4) is 0 Å². The number of benzene rings is 1. The van der Waals surface area contributed by atoms with Gasteiger partial charge >= 0.3 is 0 Å². The minimum absolute atomic E-state index is 0.106. The van der Waals surface area contributed by atoms with E-state index in [9.17, 15) is 22.9 Å². The highest BCUT2D eigenvalue weighted by Crippen LogP contribution is 2.34. The van der Waals surface area contributed by atoms with E-state index in [4.69, 9.17) is 0 Å². The number of nitrogens with zero attached hydrogens (tertiary/aromatic N) is 1. The molecular weight excluding hydrogens is 301 g/mol. The molecule has 0 aliphatic heterocycles. The summed E-state index contributed by atoms with van der Waals surface area (Å²) in [5.41, 5.74) is -0.604. The molecule has 9 heteroatoms. The van der Waals surface area contributed by atoms with Crippen molar-refractivity contribution in [3.05, 3.63) is 28.1 Å². The number of hydrogen-bond acceptors (Lipinski definition) is 5. The van der Waals surface area contributed by atoms with E-state index < -0.39 is 31.3 Å². The smallest absolute Gasteiger partial charge is 0.274 e. The van der Waals surface area contributed by atoms with E-state index in [0.29, 0.717) is 19.0 Å². The summed E-state index contributed by atoms with van der Waals surface area (Å²) in [7, 11) is -4.07. The zero-order chi connectivity index (χ0) is 15.8. The van der Waals surface area contributed by atoms with Gasteiger partial charge in [0.05, 0.1) is 16.7 Å². The van der Waals surface area contributed by atoms with Crippen LogP contribution >= 0.6 is 0 Å². The summed E-state index contributed by atoms with van der Waals surface area (Å²) in [6, 6.07) is 1.43. The maximum Gasteiger partial charge on any atom is 0.274 e. The van der Waals surface area contributed by atoms with Gasteiger partial charge in [-0.3, -0.25) is 10.1 Å². The second kappa shape index (κ2) is 5.57. The molecule has 1 aliphatic rings. The molecular formula is C12H16FN3O4S. The average Bonchev–Trinajstić information content (AvgIpc) is 3.02. The maximum absolute atomic E-state index is 14.1. The van der Waals surface area contributed by atoms with Crippen LogP contribution in [0.3, 0.4) is 0 Å². The summed E-state index contributed by atoms with van der Waals surface area (Å²) < 4.78 is 41.0. The number of hydrogen-bond donors (Lipinski definition) is 2. The molecule has 0 aromatic heterocycles. The van der Waals surface area contributed by atoms with E-state index in [-0.39, 0.29) is 17.6 Å². The Hall–Kier alpha value is -1.74. The van der Waals surface area contributed by atoms with Crippen LogP contribution in [0.4, 0.5) is 15.8 Å². The van der Waals surface area contributed by atoms with Crippen LogP contribution < -0.4 is 10.0 Å². The van der Waals surface area contributed by atoms with Gasteiger partial charge in [0.1, 0.15) is 4.90 Å². The maximum atomic E-state index is 14.1. The Bertz CT molecular complexity index is 677. The second-order valence-electron chi connectivity index (χ2n) is 5.03. The van der Waals surface area contributed by atoms with Crippen molar-refractivity contribution in [3.63, 3.8) is 0 Å². The first-order chi connectivity index (χ1) is 9.76. The predicted octanol–water partition coefficient (Wildman–Crippen LogP) is 1.85. The highest BCUT2D eigenvalue weighted by molar-refractivity contribution is 7.89. The van der Waals surface area contributed by atoms with Gasteiger partial charge in [-0.2, -0.15) is 0 Å². The number of sulfonamides is 1. The Balaban J connectivity index is 2.48. The fourth-order valence-electron chi connectivity index (χ4n) is 2.02. The highest BCUT2D eigenvalue weighted by Gasteiger charge is 2.38. The number of nitrogens with one attached hydrogen (secondary N) is 2. The molecule has 2 atom stereocenters. The summed E-state index contributed by atoms with van der Waals surface area (Å²) in [5, 5.41) is 13.4. The van der Waals surface area contributed by atoms with E-state index >= 15 is 0 Å². The molecule has 1 saturated carbocycles. The van der Waals surface area contributed by atoms with E-state index in [0.717, 1.165) is 6.07 Å². The number of non-ortho nitro benzene ring substituents is 1. The van der Waals surface area contributed by atoms with Gasteiger partial charge in [-0.1, -0.05) is 6.92 Å². The normalized spacial score (nSPS) is 21.1. The summed E-state index contributed by atoms with van der Waals surface area (Å²) in [4.78, 5) is 9.41. The van der Waals surface area contributed by atoms with Crippen molar-refractivity contribution in [1.82, 2.24) is 4.72 Å². The van der Waals surface area contributed by atoms with Gasteiger partial charge < -0.3 is 5.32 Å². The first-order valence-corrected chi connectivity index (χ1v) is 7.98. The lowest BCUT2D eigenvalue weighted by atomic mass is 10.2. The largest absolute Gasteiger partial charge is 0.384 e. The topological polar surface area (TPSA) is 101 Å². The fourth-order valence-corrected chi connectivity index (χ4v) is 3.61. The van der Waals surface area contributed by atoms with Gasteiger partial charge in [0.15, 0.2) is 5.82 Å². The minimum Gasteiger partial charge on any atom is -0.384 e. The molecule has 0 radical (unpaired) electrons. The molecule has 21 heavy (non-hydrogen) atoms. The third-order valence-corrected chi connectivity index (χ3v) is 4.86. The summed E-state index contributed by atoms with van der Waals surface area (Å²) in [5.74, 6) is -0.926. The van der Waals surface area contributed by atoms with Crippen LogP contribution in [-0.4, -0.2) is 25.9 Å². The Kier molecular flexibility index (Phi) is 4.15. The number of nitro groups is 1. The number of rotatable bonds is 6. The van der Waals surface area contributed by atoms with Crippen LogP contribution in [-0.2, 0) is 10.0 Å². The molecule has 2 rings (SSSR count). The quantitative estimate of drug-likeness (QED) is 0.616. The highest BCUT2D eigenvalue weighted by atomic mass is 32.2. The van der Waals surface area contributed by atoms with Gasteiger partial charge in [0.2, 0.25) is 10.0 Å². The number of anilines is 1. The summed E-state index contributed by atoms with van der Waals surface area (Å²) in [6.45, 7) is 3.87. The zero-order valence-electron chi connectivity index (χ0n) is 11.6. The van der Waals surface area contributed by atoms with E-state index in [2.05, 4.69) is 10.0 Å². The lowest BCUT2D eigenvalue weighted by Crippen LogP contribution is -2.28.